The molecule has 2 rings (SSSR count). The van der Waals surface area contributed by atoms with Gasteiger partial charge in [0.25, 0.3) is 5.56 Å². The van der Waals surface area contributed by atoms with Crippen molar-refractivity contribution in [1.29, 1.82) is 0 Å². The minimum atomic E-state index is -0.154. The van der Waals surface area contributed by atoms with Crippen LogP contribution < -0.4 is 10.5 Å². The molecule has 0 aliphatic rings. The summed E-state index contributed by atoms with van der Waals surface area (Å²) in [4.78, 5) is 25.0. The molecule has 0 aliphatic carbocycles. The molecular formula is C15H20N4O2. The average molecular weight is 288 g/mol. The lowest BCUT2D eigenvalue weighted by molar-refractivity contribution is 0.196. The summed E-state index contributed by atoms with van der Waals surface area (Å²) in [5.41, 5.74) is 1.33. The Morgan fingerprint density at radius 2 is 2.19 bits per heavy atom. The van der Waals surface area contributed by atoms with Crippen LogP contribution in [0.4, 0.5) is 5.82 Å². The zero-order valence-electron chi connectivity index (χ0n) is 12.6. The number of nitrogens with one attached hydrogen (secondary N) is 1. The van der Waals surface area contributed by atoms with Crippen LogP contribution in [0.3, 0.4) is 0 Å². The van der Waals surface area contributed by atoms with Gasteiger partial charge in [-0.15, -0.1) is 0 Å². The van der Waals surface area contributed by atoms with Crippen molar-refractivity contribution in [3.63, 3.8) is 0 Å². The largest absolute Gasteiger partial charge is 0.385 e. The maximum absolute atomic E-state index is 11.5. The van der Waals surface area contributed by atoms with Gasteiger partial charge >= 0.3 is 0 Å². The Labute approximate surface area is 123 Å². The lowest BCUT2D eigenvalue weighted by Crippen LogP contribution is -2.20. The van der Waals surface area contributed by atoms with Crippen molar-refractivity contribution < 1.29 is 4.74 Å². The van der Waals surface area contributed by atoms with Gasteiger partial charge in [0.15, 0.2) is 0 Å². The van der Waals surface area contributed by atoms with Crippen molar-refractivity contribution in [3.8, 4) is 11.4 Å². The summed E-state index contributed by atoms with van der Waals surface area (Å²) in [6, 6.07) is 5.30. The van der Waals surface area contributed by atoms with E-state index >= 15 is 0 Å². The van der Waals surface area contributed by atoms with Crippen LogP contribution >= 0.6 is 0 Å². The highest BCUT2D eigenvalue weighted by Gasteiger charge is 2.05. The van der Waals surface area contributed by atoms with Gasteiger partial charge in [0.1, 0.15) is 11.6 Å². The molecule has 2 aromatic rings. The highest BCUT2D eigenvalue weighted by molar-refractivity contribution is 5.56. The molecule has 112 valence electrons. The van der Waals surface area contributed by atoms with Crippen molar-refractivity contribution >= 4 is 5.82 Å². The predicted molar refractivity (Wildman–Crippen MR) is 82.6 cm³/mol. The van der Waals surface area contributed by atoms with Gasteiger partial charge in [-0.2, -0.15) is 0 Å². The first kappa shape index (κ1) is 15.2. The van der Waals surface area contributed by atoms with Crippen molar-refractivity contribution in [2.24, 2.45) is 0 Å². The minimum absolute atomic E-state index is 0.154. The van der Waals surface area contributed by atoms with E-state index in [1.807, 2.05) is 19.2 Å². The molecule has 0 aromatic carbocycles. The summed E-state index contributed by atoms with van der Waals surface area (Å²) in [5.74, 6) is 1.42. The van der Waals surface area contributed by atoms with Gasteiger partial charge in [-0.05, 0) is 25.5 Å². The Morgan fingerprint density at radius 1 is 1.38 bits per heavy atom. The monoisotopic (exact) mass is 288 g/mol. The standard InChI is InChI=1S/C15H20N4O2/c1-11-9-14(20)18-15(17-11)12-5-6-13(16-10-12)19(2)7-4-8-21-3/h5-6,9-10H,4,7-8H2,1-3H3,(H,17,18,20). The molecule has 6 heteroatoms. The van der Waals surface area contributed by atoms with E-state index in [-0.39, 0.29) is 5.56 Å². The predicted octanol–water partition coefficient (Wildman–Crippen LogP) is 1.61. The van der Waals surface area contributed by atoms with Crippen molar-refractivity contribution in [3.05, 3.63) is 40.4 Å². The fourth-order valence-corrected chi connectivity index (χ4v) is 2.03. The summed E-state index contributed by atoms with van der Waals surface area (Å²) < 4.78 is 5.04. The summed E-state index contributed by atoms with van der Waals surface area (Å²) in [5, 5.41) is 0. The number of pyridine rings is 1. The van der Waals surface area contributed by atoms with E-state index < -0.39 is 0 Å². The number of anilines is 1. The second kappa shape index (κ2) is 6.99. The van der Waals surface area contributed by atoms with Gasteiger partial charge in [0, 0.05) is 50.8 Å². The van der Waals surface area contributed by atoms with Crippen molar-refractivity contribution in [2.45, 2.75) is 13.3 Å². The molecule has 0 aliphatic heterocycles. The Kier molecular flexibility index (Phi) is 5.05. The Balaban J connectivity index is 2.13. The normalized spacial score (nSPS) is 10.6. The first-order chi connectivity index (χ1) is 10.1. The first-order valence-corrected chi connectivity index (χ1v) is 6.84. The minimum Gasteiger partial charge on any atom is -0.385 e. The van der Waals surface area contributed by atoms with E-state index in [1.165, 1.54) is 6.07 Å². The van der Waals surface area contributed by atoms with Gasteiger partial charge in [0.05, 0.1) is 0 Å². The van der Waals surface area contributed by atoms with Crippen LogP contribution in [-0.2, 0) is 4.74 Å². The Hall–Kier alpha value is -2.21. The molecule has 1 N–H and O–H groups in total. The van der Waals surface area contributed by atoms with Crippen LogP contribution in [0.5, 0.6) is 0 Å². The maximum Gasteiger partial charge on any atom is 0.251 e. The van der Waals surface area contributed by atoms with E-state index in [2.05, 4.69) is 19.9 Å². The first-order valence-electron chi connectivity index (χ1n) is 6.84. The summed E-state index contributed by atoms with van der Waals surface area (Å²) in [6.07, 6.45) is 2.67. The molecule has 0 atom stereocenters. The lowest BCUT2D eigenvalue weighted by Gasteiger charge is -2.17. The number of hydrogen-bond donors (Lipinski definition) is 1. The number of H-pyrrole nitrogens is 1. The molecule has 0 spiro atoms. The van der Waals surface area contributed by atoms with Crippen molar-refractivity contribution in [1.82, 2.24) is 15.0 Å². The zero-order valence-corrected chi connectivity index (χ0v) is 12.6. The van der Waals surface area contributed by atoms with Gasteiger partial charge in [-0.1, -0.05) is 0 Å². The highest BCUT2D eigenvalue weighted by atomic mass is 16.5. The number of nitrogens with zero attached hydrogens (tertiary/aromatic N) is 3. The molecule has 2 aromatic heterocycles. The van der Waals surface area contributed by atoms with Crippen LogP contribution in [-0.4, -0.2) is 42.3 Å². The maximum atomic E-state index is 11.5. The summed E-state index contributed by atoms with van der Waals surface area (Å²) >= 11 is 0. The van der Waals surface area contributed by atoms with E-state index in [1.54, 1.807) is 20.2 Å². The number of hydrogen-bond acceptors (Lipinski definition) is 5. The Morgan fingerprint density at radius 3 is 2.81 bits per heavy atom. The quantitative estimate of drug-likeness (QED) is 0.818. The smallest absolute Gasteiger partial charge is 0.251 e. The van der Waals surface area contributed by atoms with E-state index in [0.717, 1.165) is 31.0 Å². The third-order valence-electron chi connectivity index (χ3n) is 3.12. The molecule has 21 heavy (non-hydrogen) atoms. The van der Waals surface area contributed by atoms with Crippen LogP contribution in [0, 0.1) is 6.92 Å². The second-order valence-electron chi connectivity index (χ2n) is 4.91. The molecule has 0 amide bonds. The number of methoxy groups -OCH3 is 1. The number of rotatable bonds is 6. The molecule has 0 bridgehead atoms. The van der Waals surface area contributed by atoms with Crippen LogP contribution in [0.25, 0.3) is 11.4 Å². The number of aromatic nitrogens is 3. The Bertz CT molecular complexity index is 637. The third kappa shape index (κ3) is 4.13. The summed E-state index contributed by atoms with van der Waals surface area (Å²) in [6.45, 7) is 3.40. The highest BCUT2D eigenvalue weighted by Crippen LogP contribution is 2.16. The number of aryl methyl sites for hydroxylation is 1. The number of ether oxygens (including phenoxy) is 1. The van der Waals surface area contributed by atoms with Gasteiger partial charge < -0.3 is 14.6 Å². The SMILES string of the molecule is COCCCN(C)c1ccc(-c2nc(C)cc(=O)[nH]2)cn1. The second-order valence-corrected chi connectivity index (χ2v) is 4.91. The topological polar surface area (TPSA) is 71.1 Å². The number of aromatic amines is 1. The fourth-order valence-electron chi connectivity index (χ4n) is 2.03. The molecule has 0 saturated heterocycles. The lowest BCUT2D eigenvalue weighted by atomic mass is 10.2. The fraction of sp³-hybridized carbons (Fsp3) is 0.400. The zero-order chi connectivity index (χ0) is 15.2. The average Bonchev–Trinajstić information content (AvgIpc) is 2.46. The van der Waals surface area contributed by atoms with Crippen LogP contribution in [0.15, 0.2) is 29.2 Å². The van der Waals surface area contributed by atoms with E-state index in [4.69, 9.17) is 4.74 Å². The molecule has 0 unspecified atom stereocenters. The van der Waals surface area contributed by atoms with E-state index in [0.29, 0.717) is 11.5 Å². The van der Waals surface area contributed by atoms with Gasteiger partial charge in [0.2, 0.25) is 0 Å². The van der Waals surface area contributed by atoms with Crippen molar-refractivity contribution in [2.75, 3.05) is 32.2 Å². The molecular weight excluding hydrogens is 268 g/mol. The third-order valence-corrected chi connectivity index (χ3v) is 3.12. The van der Waals surface area contributed by atoms with Gasteiger partial charge in [-0.3, -0.25) is 4.79 Å². The summed E-state index contributed by atoms with van der Waals surface area (Å²) in [7, 11) is 3.69. The van der Waals surface area contributed by atoms with E-state index in [9.17, 15) is 4.79 Å². The molecule has 0 radical (unpaired) electrons. The van der Waals surface area contributed by atoms with Crippen LogP contribution in [0.1, 0.15) is 12.1 Å². The molecule has 0 saturated carbocycles. The van der Waals surface area contributed by atoms with Gasteiger partial charge in [-0.25, -0.2) is 9.97 Å². The molecule has 0 fully saturated rings. The molecule has 2 heterocycles. The molecule has 6 nitrogen and oxygen atoms in total. The van der Waals surface area contributed by atoms with Crippen LogP contribution in [0.2, 0.25) is 0 Å².